The lowest BCUT2D eigenvalue weighted by Gasteiger charge is -2.25. The number of hydrogen-bond donors (Lipinski definition) is 0. The number of methoxy groups -OCH3 is 1. The second-order valence-corrected chi connectivity index (χ2v) is 3.67. The van der Waals surface area contributed by atoms with Gasteiger partial charge < -0.3 is 19.5 Å². The average molecular weight is 218 g/mol. The molecule has 0 bridgehead atoms. The molecule has 0 fully saturated rings. The highest BCUT2D eigenvalue weighted by atomic mass is 16.5. The smallest absolute Gasteiger partial charge is 0.229 e. The number of ether oxygens (including phenoxy) is 1. The van der Waals surface area contributed by atoms with Gasteiger partial charge in [-0.2, -0.15) is 0 Å². The number of carbonyl (C=O) groups excluding carboxylic acids is 1. The second-order valence-electron chi connectivity index (χ2n) is 3.67. The normalized spacial score (nSPS) is 13.6. The summed E-state index contributed by atoms with van der Waals surface area (Å²) in [6.45, 7) is 8.13. The highest BCUT2D eigenvalue weighted by molar-refractivity contribution is 5.79. The number of nitrogens with zero attached hydrogens (tertiary/aromatic N) is 1. The maximum absolute atomic E-state index is 11.1. The number of rotatable bonds is 4. The summed E-state index contributed by atoms with van der Waals surface area (Å²) >= 11 is 0. The number of hydrogen-bond acceptors (Lipinski definition) is 3. The van der Waals surface area contributed by atoms with Crippen molar-refractivity contribution in [2.24, 2.45) is 0 Å². The van der Waals surface area contributed by atoms with E-state index in [0.29, 0.717) is 11.3 Å². The van der Waals surface area contributed by atoms with E-state index in [1.165, 1.54) is 14.0 Å². The second kappa shape index (κ2) is 4.67. The Hall–Kier alpha value is -2.02. The van der Waals surface area contributed by atoms with Gasteiger partial charge >= 0.3 is 0 Å². The molecule has 0 radical (unpaired) electrons. The van der Waals surface area contributed by atoms with Crippen LogP contribution < -0.4 is 9.84 Å². The van der Waals surface area contributed by atoms with E-state index >= 15 is 0 Å². The molecule has 1 aromatic rings. The Bertz CT molecular complexity index is 436. The zero-order valence-corrected chi connectivity index (χ0v) is 9.19. The van der Waals surface area contributed by atoms with Gasteiger partial charge in [0.05, 0.1) is 13.1 Å². The van der Waals surface area contributed by atoms with E-state index in [-0.39, 0.29) is 6.54 Å². The number of aliphatic carboxylic acids is 1. The number of carbonyl (C=O) groups is 1. The van der Waals surface area contributed by atoms with Gasteiger partial charge in [-0.25, -0.2) is 6.57 Å². The third-order valence-corrected chi connectivity index (χ3v) is 2.55. The van der Waals surface area contributed by atoms with Crippen LogP contribution in [0.4, 0.5) is 0 Å². The number of carboxylic acid groups (broad SMARTS) is 1. The predicted octanol–water partition coefficient (Wildman–Crippen LogP) is 0.622. The Labute approximate surface area is 94.3 Å². The average Bonchev–Trinajstić information content (AvgIpc) is 2.29. The van der Waals surface area contributed by atoms with E-state index in [1.807, 2.05) is 0 Å². The molecule has 1 aromatic carbocycles. The Morgan fingerprint density at radius 1 is 1.62 bits per heavy atom. The van der Waals surface area contributed by atoms with E-state index in [0.717, 1.165) is 0 Å². The molecular formula is C12H12NO3-. The van der Waals surface area contributed by atoms with Gasteiger partial charge in [0.25, 0.3) is 0 Å². The fraction of sp³-hybridized carbons (Fsp3) is 0.333. The zero-order chi connectivity index (χ0) is 12.2. The van der Waals surface area contributed by atoms with E-state index in [2.05, 4.69) is 4.85 Å². The van der Waals surface area contributed by atoms with E-state index in [9.17, 15) is 9.90 Å². The van der Waals surface area contributed by atoms with Gasteiger partial charge in [-0.15, -0.1) is 0 Å². The first kappa shape index (κ1) is 12.1. The van der Waals surface area contributed by atoms with Crippen molar-refractivity contribution in [1.29, 1.82) is 0 Å². The zero-order valence-electron chi connectivity index (χ0n) is 9.19. The molecule has 0 N–H and O–H groups in total. The van der Waals surface area contributed by atoms with Gasteiger partial charge in [-0.05, 0) is 24.6 Å². The molecule has 16 heavy (non-hydrogen) atoms. The van der Waals surface area contributed by atoms with Crippen molar-refractivity contribution in [2.75, 3.05) is 13.7 Å². The molecule has 4 nitrogen and oxygen atoms in total. The molecule has 1 rings (SSSR count). The minimum absolute atomic E-state index is 0.150. The molecule has 0 heterocycles. The van der Waals surface area contributed by atoms with Gasteiger partial charge in [-0.3, -0.25) is 0 Å². The van der Waals surface area contributed by atoms with Gasteiger partial charge in [-0.1, -0.05) is 12.1 Å². The predicted molar refractivity (Wildman–Crippen MR) is 56.8 cm³/mol. The van der Waals surface area contributed by atoms with Crippen LogP contribution in [0.5, 0.6) is 5.75 Å². The molecule has 4 heteroatoms. The summed E-state index contributed by atoms with van der Waals surface area (Å²) in [4.78, 5) is 14.3. The minimum Gasteiger partial charge on any atom is -0.549 e. The van der Waals surface area contributed by atoms with Crippen LogP contribution in [-0.4, -0.2) is 19.6 Å². The van der Waals surface area contributed by atoms with Crippen molar-refractivity contribution in [3.05, 3.63) is 41.2 Å². The topological polar surface area (TPSA) is 53.7 Å². The molecule has 84 valence electrons. The number of benzene rings is 1. The summed E-state index contributed by atoms with van der Waals surface area (Å²) in [5.41, 5.74) is -0.779. The van der Waals surface area contributed by atoms with Crippen LogP contribution in [0.2, 0.25) is 0 Å². The third kappa shape index (κ3) is 2.14. The Morgan fingerprint density at radius 3 is 2.81 bits per heavy atom. The van der Waals surface area contributed by atoms with Crippen LogP contribution in [0, 0.1) is 6.57 Å². The van der Waals surface area contributed by atoms with Crippen molar-refractivity contribution in [1.82, 2.24) is 0 Å². The van der Waals surface area contributed by atoms with Crippen LogP contribution in [0.3, 0.4) is 0 Å². The van der Waals surface area contributed by atoms with Crippen LogP contribution in [-0.2, 0) is 10.2 Å². The first-order valence-electron chi connectivity index (χ1n) is 4.74. The SMILES string of the molecule is [C-]#[N+]CC(C)(C(=O)[O-])c1cccc(OC)c1. The summed E-state index contributed by atoms with van der Waals surface area (Å²) in [5.74, 6) is -0.688. The van der Waals surface area contributed by atoms with Crippen LogP contribution in [0.1, 0.15) is 12.5 Å². The summed E-state index contributed by atoms with van der Waals surface area (Å²) in [6, 6.07) is 6.68. The van der Waals surface area contributed by atoms with Crippen LogP contribution in [0.15, 0.2) is 24.3 Å². The summed E-state index contributed by atoms with van der Waals surface area (Å²) in [5, 5.41) is 11.1. The molecular weight excluding hydrogens is 206 g/mol. The highest BCUT2D eigenvalue weighted by Crippen LogP contribution is 2.26. The quantitative estimate of drug-likeness (QED) is 0.696. The maximum atomic E-state index is 11.1. The fourth-order valence-electron chi connectivity index (χ4n) is 1.40. The van der Waals surface area contributed by atoms with Crippen molar-refractivity contribution in [3.63, 3.8) is 0 Å². The summed E-state index contributed by atoms with van der Waals surface area (Å²) in [7, 11) is 1.50. The lowest BCUT2D eigenvalue weighted by Crippen LogP contribution is -2.45. The van der Waals surface area contributed by atoms with Crippen molar-refractivity contribution >= 4 is 5.97 Å². The molecule has 1 unspecified atom stereocenters. The van der Waals surface area contributed by atoms with E-state index < -0.39 is 11.4 Å². The van der Waals surface area contributed by atoms with Gasteiger partial charge in [0, 0.05) is 0 Å². The van der Waals surface area contributed by atoms with Gasteiger partial charge in [0.2, 0.25) is 6.54 Å². The molecule has 0 aliphatic rings. The molecule has 0 saturated heterocycles. The minimum atomic E-state index is -1.30. The Kier molecular flexibility index (Phi) is 3.51. The largest absolute Gasteiger partial charge is 0.549 e. The molecule has 0 spiro atoms. The van der Waals surface area contributed by atoms with Crippen LogP contribution >= 0.6 is 0 Å². The highest BCUT2D eigenvalue weighted by Gasteiger charge is 2.32. The molecule has 0 amide bonds. The molecule has 1 atom stereocenters. The van der Waals surface area contributed by atoms with Crippen molar-refractivity contribution in [2.45, 2.75) is 12.3 Å². The van der Waals surface area contributed by atoms with Crippen LogP contribution in [0.25, 0.3) is 4.85 Å². The van der Waals surface area contributed by atoms with E-state index in [1.54, 1.807) is 24.3 Å². The third-order valence-electron chi connectivity index (χ3n) is 2.55. The first-order chi connectivity index (χ1) is 7.54. The molecule has 0 aromatic heterocycles. The summed E-state index contributed by atoms with van der Waals surface area (Å²) in [6.07, 6.45) is 0. The summed E-state index contributed by atoms with van der Waals surface area (Å²) < 4.78 is 5.02. The fourth-order valence-corrected chi connectivity index (χ4v) is 1.40. The van der Waals surface area contributed by atoms with Gasteiger partial charge in [0.15, 0.2) is 0 Å². The van der Waals surface area contributed by atoms with Crippen molar-refractivity contribution < 1.29 is 14.6 Å². The van der Waals surface area contributed by atoms with Gasteiger partial charge in [0.1, 0.15) is 11.2 Å². The lowest BCUT2D eigenvalue weighted by atomic mass is 9.82. The number of carboxylic acids is 1. The molecule has 0 aliphatic heterocycles. The first-order valence-corrected chi connectivity index (χ1v) is 4.74. The molecule has 0 aliphatic carbocycles. The van der Waals surface area contributed by atoms with E-state index in [4.69, 9.17) is 11.3 Å². The monoisotopic (exact) mass is 218 g/mol. The lowest BCUT2D eigenvalue weighted by molar-refractivity contribution is -0.312. The maximum Gasteiger partial charge on any atom is 0.229 e. The Balaban J connectivity index is 3.21. The standard InChI is InChI=1S/C12H13NO3/c1-12(8-13-2,11(14)15)9-5-4-6-10(7-9)16-3/h4-7H,8H2,1,3H3,(H,14,15)/p-1. The molecule has 0 saturated carbocycles. The Morgan fingerprint density at radius 2 is 2.31 bits per heavy atom. The van der Waals surface area contributed by atoms with Crippen molar-refractivity contribution in [3.8, 4) is 5.75 Å².